The number of amides is 3. The number of ether oxygens (including phenoxy) is 1. The van der Waals surface area contributed by atoms with Crippen LogP contribution in [0.4, 0.5) is 5.69 Å². The highest BCUT2D eigenvalue weighted by molar-refractivity contribution is 6.04. The second-order valence-corrected chi connectivity index (χ2v) is 9.34. The number of methoxy groups -OCH3 is 1. The fourth-order valence-corrected chi connectivity index (χ4v) is 3.86. The first kappa shape index (κ1) is 28.6. The second-order valence-electron chi connectivity index (χ2n) is 9.34. The van der Waals surface area contributed by atoms with Crippen molar-refractivity contribution in [2.45, 2.75) is 58.7 Å². The molecule has 0 bridgehead atoms. The van der Waals surface area contributed by atoms with Crippen LogP contribution in [0.3, 0.4) is 0 Å². The lowest BCUT2D eigenvalue weighted by atomic mass is 9.94. The zero-order valence-corrected chi connectivity index (χ0v) is 21.6. The Hall–Kier alpha value is -3.59. The van der Waals surface area contributed by atoms with Gasteiger partial charge in [-0.25, -0.2) is 0 Å². The van der Waals surface area contributed by atoms with Gasteiger partial charge < -0.3 is 26.6 Å². The lowest BCUT2D eigenvalue weighted by molar-refractivity contribution is -0.130. The summed E-state index contributed by atoms with van der Waals surface area (Å²) in [4.78, 5) is 41.1. The van der Waals surface area contributed by atoms with Crippen molar-refractivity contribution < 1.29 is 24.2 Å². The van der Waals surface area contributed by atoms with Crippen molar-refractivity contribution in [3.05, 3.63) is 54.1 Å². The Bertz CT molecular complexity index is 1020. The molecular formula is C27H38N4O5. The van der Waals surface area contributed by atoms with Crippen LogP contribution in [0.2, 0.25) is 0 Å². The summed E-state index contributed by atoms with van der Waals surface area (Å²) >= 11 is 0. The number of phenols is 1. The minimum Gasteiger partial charge on any atom is -0.508 e. The van der Waals surface area contributed by atoms with Gasteiger partial charge in [0.1, 0.15) is 23.6 Å². The van der Waals surface area contributed by atoms with Crippen LogP contribution < -0.4 is 26.4 Å². The molecule has 196 valence electrons. The molecule has 6 N–H and O–H groups in total. The molecule has 0 spiro atoms. The molecular weight excluding hydrogens is 460 g/mol. The largest absolute Gasteiger partial charge is 0.508 e. The fourth-order valence-electron chi connectivity index (χ4n) is 3.86. The zero-order chi connectivity index (χ0) is 27.0. The lowest BCUT2D eigenvalue weighted by Gasteiger charge is -2.36. The molecule has 0 saturated heterocycles. The fraction of sp³-hybridized carbons (Fsp3) is 0.444. The molecule has 2 aromatic carbocycles. The van der Waals surface area contributed by atoms with E-state index in [-0.39, 0.29) is 24.0 Å². The van der Waals surface area contributed by atoms with Gasteiger partial charge in [-0.2, -0.15) is 0 Å². The van der Waals surface area contributed by atoms with Crippen LogP contribution in [-0.4, -0.2) is 48.1 Å². The lowest BCUT2D eigenvalue weighted by Crippen LogP contribution is -2.59. The van der Waals surface area contributed by atoms with Crippen LogP contribution >= 0.6 is 0 Å². The summed E-state index contributed by atoms with van der Waals surface area (Å²) in [6.07, 6.45) is 0.717. The molecule has 36 heavy (non-hydrogen) atoms. The van der Waals surface area contributed by atoms with Crippen molar-refractivity contribution in [2.24, 2.45) is 23.3 Å². The van der Waals surface area contributed by atoms with Gasteiger partial charge in [-0.3, -0.25) is 19.3 Å². The number of anilines is 1. The van der Waals surface area contributed by atoms with E-state index in [4.69, 9.17) is 16.2 Å². The zero-order valence-electron chi connectivity index (χ0n) is 21.6. The summed E-state index contributed by atoms with van der Waals surface area (Å²) in [5.41, 5.74) is 13.0. The number of carbonyl (C=O) groups excluding carboxylic acids is 3. The molecule has 9 nitrogen and oxygen atoms in total. The van der Waals surface area contributed by atoms with Crippen molar-refractivity contribution in [2.75, 3.05) is 12.0 Å². The highest BCUT2D eigenvalue weighted by atomic mass is 16.5. The van der Waals surface area contributed by atoms with E-state index >= 15 is 0 Å². The van der Waals surface area contributed by atoms with Crippen LogP contribution in [0.1, 0.15) is 39.7 Å². The third-order valence-electron chi connectivity index (χ3n) is 6.35. The molecule has 2 rings (SSSR count). The van der Waals surface area contributed by atoms with Crippen LogP contribution in [0.5, 0.6) is 11.5 Å². The van der Waals surface area contributed by atoms with Crippen molar-refractivity contribution in [3.8, 4) is 11.5 Å². The summed E-state index contributed by atoms with van der Waals surface area (Å²) in [7, 11) is 1.53. The Kier molecular flexibility index (Phi) is 10.3. The van der Waals surface area contributed by atoms with Crippen molar-refractivity contribution in [3.63, 3.8) is 0 Å². The van der Waals surface area contributed by atoms with Gasteiger partial charge in [-0.05, 0) is 53.8 Å². The number of nitrogens with two attached hydrogens (primary N) is 2. The van der Waals surface area contributed by atoms with Crippen LogP contribution in [0.25, 0.3) is 0 Å². The maximum Gasteiger partial charge on any atom is 0.250 e. The highest BCUT2D eigenvalue weighted by Gasteiger charge is 2.38. The Morgan fingerprint density at radius 2 is 1.61 bits per heavy atom. The summed E-state index contributed by atoms with van der Waals surface area (Å²) in [5, 5.41) is 12.4. The van der Waals surface area contributed by atoms with Gasteiger partial charge in [0.25, 0.3) is 5.91 Å². The van der Waals surface area contributed by atoms with Gasteiger partial charge in [-0.1, -0.05) is 46.2 Å². The number of primary amides is 1. The number of benzene rings is 2. The number of carbonyl (C=O) groups is 3. The average molecular weight is 499 g/mol. The summed E-state index contributed by atoms with van der Waals surface area (Å²) < 4.78 is 5.24. The molecule has 3 amide bonds. The van der Waals surface area contributed by atoms with Gasteiger partial charge in [-0.15, -0.1) is 0 Å². The van der Waals surface area contributed by atoms with Crippen LogP contribution in [0, 0.1) is 11.8 Å². The van der Waals surface area contributed by atoms with Gasteiger partial charge in [0.05, 0.1) is 13.2 Å². The van der Waals surface area contributed by atoms with Crippen molar-refractivity contribution >= 4 is 23.4 Å². The molecule has 0 aliphatic carbocycles. The normalized spacial score (nSPS) is 14.4. The molecule has 0 unspecified atom stereocenters. The molecule has 4 atom stereocenters. The SMILES string of the molecule is CC[C@H](C)[C@@H](C(N)=O)N(C(=O)[C@H](Cc1ccc(O)cc1)NC(=O)[C@@H](N)C(C)C)c1ccc(OC)cc1. The van der Waals surface area contributed by atoms with E-state index in [1.54, 1.807) is 36.4 Å². The van der Waals surface area contributed by atoms with E-state index in [1.807, 2.05) is 27.7 Å². The Morgan fingerprint density at radius 3 is 2.08 bits per heavy atom. The molecule has 2 aromatic rings. The van der Waals surface area contributed by atoms with Crippen LogP contribution in [-0.2, 0) is 20.8 Å². The Labute approximate surface area is 212 Å². The summed E-state index contributed by atoms with van der Waals surface area (Å²) in [6.45, 7) is 7.39. The molecule has 0 saturated carbocycles. The van der Waals surface area contributed by atoms with Gasteiger partial charge in [0.15, 0.2) is 0 Å². The number of phenolic OH excluding ortho intramolecular Hbond substituents is 1. The number of aromatic hydroxyl groups is 1. The van der Waals surface area contributed by atoms with Gasteiger partial charge in [0, 0.05) is 12.1 Å². The molecule has 0 fully saturated rings. The van der Waals surface area contributed by atoms with Crippen LogP contribution in [0.15, 0.2) is 48.5 Å². The maximum atomic E-state index is 14.1. The number of nitrogens with one attached hydrogen (secondary N) is 1. The smallest absolute Gasteiger partial charge is 0.250 e. The number of hydrogen-bond donors (Lipinski definition) is 4. The van der Waals surface area contributed by atoms with Crippen molar-refractivity contribution in [1.82, 2.24) is 5.32 Å². The number of nitrogens with zero attached hydrogens (tertiary/aromatic N) is 1. The van der Waals surface area contributed by atoms with E-state index in [0.717, 1.165) is 0 Å². The highest BCUT2D eigenvalue weighted by Crippen LogP contribution is 2.27. The topological polar surface area (TPSA) is 148 Å². The van der Waals surface area contributed by atoms with E-state index < -0.39 is 35.8 Å². The molecule has 0 aromatic heterocycles. The molecule has 0 heterocycles. The first-order chi connectivity index (χ1) is 17.0. The third kappa shape index (κ3) is 7.21. The molecule has 0 radical (unpaired) electrons. The summed E-state index contributed by atoms with van der Waals surface area (Å²) in [6, 6.07) is 10.3. The summed E-state index contributed by atoms with van der Waals surface area (Å²) in [5.74, 6) is -1.36. The predicted octanol–water partition coefficient (Wildman–Crippen LogP) is 2.34. The first-order valence-electron chi connectivity index (χ1n) is 12.1. The van der Waals surface area contributed by atoms with E-state index in [9.17, 15) is 19.5 Å². The molecule has 0 aliphatic rings. The van der Waals surface area contributed by atoms with Gasteiger partial charge >= 0.3 is 0 Å². The minimum atomic E-state index is -1.04. The average Bonchev–Trinajstić information content (AvgIpc) is 2.86. The first-order valence-corrected chi connectivity index (χ1v) is 12.1. The van der Waals surface area contributed by atoms with Gasteiger partial charge in [0.2, 0.25) is 11.8 Å². The number of rotatable bonds is 12. The predicted molar refractivity (Wildman–Crippen MR) is 139 cm³/mol. The maximum absolute atomic E-state index is 14.1. The molecule has 9 heteroatoms. The Morgan fingerprint density at radius 1 is 1.03 bits per heavy atom. The van der Waals surface area contributed by atoms with E-state index in [1.165, 1.54) is 24.1 Å². The molecule has 0 aliphatic heterocycles. The monoisotopic (exact) mass is 498 g/mol. The minimum absolute atomic E-state index is 0.0814. The second kappa shape index (κ2) is 12.9. The number of hydrogen-bond acceptors (Lipinski definition) is 6. The van der Waals surface area contributed by atoms with Crippen molar-refractivity contribution in [1.29, 1.82) is 0 Å². The van der Waals surface area contributed by atoms with E-state index in [0.29, 0.717) is 23.4 Å². The third-order valence-corrected chi connectivity index (χ3v) is 6.35. The van der Waals surface area contributed by atoms with E-state index in [2.05, 4.69) is 5.32 Å². The standard InChI is InChI=1S/C27H38N4O5/c1-6-17(4)24(25(29)33)31(19-9-13-21(36-5)14-10-19)27(35)22(30-26(34)23(28)16(2)3)15-18-7-11-20(32)12-8-18/h7-14,16-17,22-24,32H,6,15,28H2,1-5H3,(H2,29,33)(H,30,34)/t17-,22-,23-,24-/m0/s1. The quantitative estimate of drug-likeness (QED) is 0.353. The Balaban J connectivity index is 2.58.